The highest BCUT2D eigenvalue weighted by molar-refractivity contribution is 6.02. The molecule has 2 aromatic carbocycles. The fraction of sp³-hybridized carbons (Fsp3) is 0.200. The molecule has 0 saturated carbocycles. The number of benzene rings is 2. The third-order valence-corrected chi connectivity index (χ3v) is 5.24. The number of rotatable bonds is 7. The first-order valence-corrected chi connectivity index (χ1v) is 12.1. The van der Waals surface area contributed by atoms with Crippen LogP contribution in [0.25, 0.3) is 0 Å². The van der Waals surface area contributed by atoms with Gasteiger partial charge in [0.15, 0.2) is 0 Å². The molecule has 0 aliphatic rings. The molecule has 0 amide bonds. The summed E-state index contributed by atoms with van der Waals surface area (Å²) in [6.45, 7) is 9.58. The van der Waals surface area contributed by atoms with E-state index in [2.05, 4.69) is 20.6 Å². The number of aromatic nitrogens is 2. The Kier molecular flexibility index (Phi) is 11.5. The molecule has 192 valence electrons. The Balaban J connectivity index is 0.000000244. The van der Waals surface area contributed by atoms with E-state index in [0.717, 1.165) is 45.2 Å². The van der Waals surface area contributed by atoms with Crippen molar-refractivity contribution in [1.82, 2.24) is 9.97 Å². The molecule has 0 unspecified atom stereocenters. The lowest BCUT2D eigenvalue weighted by atomic mass is 10.1. The molecule has 2 aromatic heterocycles. The maximum Gasteiger partial charge on any atom is 0.145 e. The molecule has 7 heteroatoms. The first kappa shape index (κ1) is 28.7. The fourth-order valence-corrected chi connectivity index (χ4v) is 3.38. The van der Waals surface area contributed by atoms with Crippen molar-refractivity contribution in [3.8, 4) is 5.75 Å². The lowest BCUT2D eigenvalue weighted by molar-refractivity contribution is 0.416. The van der Waals surface area contributed by atoms with Gasteiger partial charge in [-0.2, -0.15) is 0 Å². The van der Waals surface area contributed by atoms with E-state index in [4.69, 9.17) is 15.6 Å². The Bertz CT molecular complexity index is 1320. The lowest BCUT2D eigenvalue weighted by Gasteiger charge is -2.13. The Morgan fingerprint density at radius 3 is 1.62 bits per heavy atom. The van der Waals surface area contributed by atoms with Crippen molar-refractivity contribution in [3.05, 3.63) is 102 Å². The second-order valence-electron chi connectivity index (χ2n) is 7.86. The second-order valence-corrected chi connectivity index (χ2v) is 7.86. The SMILES string of the molecule is CC.CC(=N)c1ccccc1Nc1cnccc1C.COc1ccncc1Nc1ccccc1C(C)=N. The van der Waals surface area contributed by atoms with Crippen molar-refractivity contribution in [2.75, 3.05) is 17.7 Å². The van der Waals surface area contributed by atoms with Gasteiger partial charge in [0.25, 0.3) is 0 Å². The summed E-state index contributed by atoms with van der Waals surface area (Å²) in [6, 6.07) is 19.2. The van der Waals surface area contributed by atoms with E-state index in [-0.39, 0.29) is 0 Å². The molecule has 0 atom stereocenters. The van der Waals surface area contributed by atoms with Gasteiger partial charge in [0.05, 0.1) is 30.9 Å². The summed E-state index contributed by atoms with van der Waals surface area (Å²) in [5.74, 6) is 0.724. The van der Waals surface area contributed by atoms with Crippen LogP contribution in [0.3, 0.4) is 0 Å². The number of hydrogen-bond donors (Lipinski definition) is 4. The number of methoxy groups -OCH3 is 1. The largest absolute Gasteiger partial charge is 0.494 e. The predicted molar refractivity (Wildman–Crippen MR) is 156 cm³/mol. The Morgan fingerprint density at radius 2 is 1.14 bits per heavy atom. The van der Waals surface area contributed by atoms with E-state index in [1.54, 1.807) is 51.8 Å². The van der Waals surface area contributed by atoms with Crippen LogP contribution in [0.5, 0.6) is 5.75 Å². The van der Waals surface area contributed by atoms with Crippen molar-refractivity contribution >= 4 is 34.2 Å². The minimum Gasteiger partial charge on any atom is -0.494 e. The zero-order valence-corrected chi connectivity index (χ0v) is 22.4. The first-order chi connectivity index (χ1) is 17.9. The van der Waals surface area contributed by atoms with Gasteiger partial charge < -0.3 is 26.2 Å². The fourth-order valence-electron chi connectivity index (χ4n) is 3.38. The molecule has 4 aromatic rings. The second kappa shape index (κ2) is 14.8. The third kappa shape index (κ3) is 8.28. The average molecular weight is 497 g/mol. The summed E-state index contributed by atoms with van der Waals surface area (Å²) in [5.41, 5.74) is 7.55. The van der Waals surface area contributed by atoms with Crippen LogP contribution in [0.1, 0.15) is 44.4 Å². The van der Waals surface area contributed by atoms with Gasteiger partial charge in [-0.05, 0) is 44.5 Å². The molecule has 0 fully saturated rings. The minimum absolute atomic E-state index is 0.515. The molecule has 37 heavy (non-hydrogen) atoms. The monoisotopic (exact) mass is 496 g/mol. The van der Waals surface area contributed by atoms with Crippen LogP contribution in [-0.2, 0) is 0 Å². The van der Waals surface area contributed by atoms with Gasteiger partial charge in [-0.3, -0.25) is 9.97 Å². The van der Waals surface area contributed by atoms with Gasteiger partial charge in [-0.15, -0.1) is 0 Å². The van der Waals surface area contributed by atoms with Crippen LogP contribution in [0, 0.1) is 17.7 Å². The molecule has 0 saturated heterocycles. The average Bonchev–Trinajstić information content (AvgIpc) is 2.92. The van der Waals surface area contributed by atoms with E-state index in [0.29, 0.717) is 11.4 Å². The van der Waals surface area contributed by atoms with Crippen LogP contribution in [-0.4, -0.2) is 28.5 Å². The third-order valence-electron chi connectivity index (χ3n) is 5.24. The van der Waals surface area contributed by atoms with Crippen LogP contribution < -0.4 is 15.4 Å². The molecule has 4 rings (SSSR count). The van der Waals surface area contributed by atoms with Crippen molar-refractivity contribution in [3.63, 3.8) is 0 Å². The molecular weight excluding hydrogens is 460 g/mol. The lowest BCUT2D eigenvalue weighted by Crippen LogP contribution is -2.01. The minimum atomic E-state index is 0.515. The highest BCUT2D eigenvalue weighted by Crippen LogP contribution is 2.28. The number of pyridine rings is 2. The summed E-state index contributed by atoms with van der Waals surface area (Å²) in [6.07, 6.45) is 6.95. The molecule has 7 nitrogen and oxygen atoms in total. The van der Waals surface area contributed by atoms with E-state index in [1.807, 2.05) is 75.4 Å². The van der Waals surface area contributed by atoms with Crippen LogP contribution in [0.4, 0.5) is 22.7 Å². The predicted octanol–water partition coefficient (Wildman–Crippen LogP) is 7.77. The molecule has 0 aliphatic heterocycles. The van der Waals surface area contributed by atoms with Crippen LogP contribution in [0.15, 0.2) is 85.5 Å². The van der Waals surface area contributed by atoms with E-state index < -0.39 is 0 Å². The molecular formula is C30H36N6O. The van der Waals surface area contributed by atoms with Gasteiger partial charge >= 0.3 is 0 Å². The molecule has 0 aliphatic carbocycles. The first-order valence-electron chi connectivity index (χ1n) is 12.1. The summed E-state index contributed by atoms with van der Waals surface area (Å²) in [4.78, 5) is 8.17. The highest BCUT2D eigenvalue weighted by Gasteiger charge is 2.07. The smallest absolute Gasteiger partial charge is 0.145 e. The quantitative estimate of drug-likeness (QED) is 0.196. The van der Waals surface area contributed by atoms with Crippen LogP contribution >= 0.6 is 0 Å². The van der Waals surface area contributed by atoms with E-state index in [1.165, 1.54) is 0 Å². The summed E-state index contributed by atoms with van der Waals surface area (Å²) < 4.78 is 5.26. The maximum absolute atomic E-state index is 7.75. The Morgan fingerprint density at radius 1 is 0.676 bits per heavy atom. The van der Waals surface area contributed by atoms with Crippen molar-refractivity contribution in [2.45, 2.75) is 34.6 Å². The van der Waals surface area contributed by atoms with Crippen molar-refractivity contribution in [2.24, 2.45) is 0 Å². The topological polar surface area (TPSA) is 107 Å². The number of hydrogen-bond acceptors (Lipinski definition) is 7. The van der Waals surface area contributed by atoms with E-state index in [9.17, 15) is 0 Å². The summed E-state index contributed by atoms with van der Waals surface area (Å²) >= 11 is 0. The van der Waals surface area contributed by atoms with Gasteiger partial charge in [0, 0.05) is 52.4 Å². The maximum atomic E-state index is 7.75. The molecule has 2 heterocycles. The zero-order chi connectivity index (χ0) is 27.2. The number of para-hydroxylation sites is 2. The molecule has 0 radical (unpaired) electrons. The zero-order valence-electron chi connectivity index (χ0n) is 22.4. The normalized spacial score (nSPS) is 9.57. The summed E-state index contributed by atoms with van der Waals surface area (Å²) in [5, 5.41) is 22.1. The Labute approximate surface area is 220 Å². The molecule has 0 bridgehead atoms. The van der Waals surface area contributed by atoms with Crippen molar-refractivity contribution < 1.29 is 4.74 Å². The Hall–Kier alpha value is -4.52. The highest BCUT2D eigenvalue weighted by atomic mass is 16.5. The van der Waals surface area contributed by atoms with Gasteiger partial charge in [0.1, 0.15) is 5.75 Å². The van der Waals surface area contributed by atoms with Crippen molar-refractivity contribution in [1.29, 1.82) is 10.8 Å². The standard InChI is InChI=1S/C14H15N3O.C14H15N3.C2H6/c1-10(15)11-5-3-4-6-12(11)17-13-9-16-8-7-14(13)18-2;1-10-7-8-16-9-14(10)17-13-6-4-3-5-12(13)11(2)15;1-2/h3-9,15,17H,1-2H3;3-9,15,17H,1-2H3;1-2H3. The molecule has 0 spiro atoms. The van der Waals surface area contributed by atoms with Gasteiger partial charge in [-0.25, -0.2) is 0 Å². The molecule has 4 N–H and O–H groups in total. The number of nitrogens with one attached hydrogen (secondary N) is 4. The van der Waals surface area contributed by atoms with Gasteiger partial charge in [0.2, 0.25) is 0 Å². The number of anilines is 4. The van der Waals surface area contributed by atoms with Gasteiger partial charge in [-0.1, -0.05) is 50.2 Å². The number of ether oxygens (including phenoxy) is 1. The summed E-state index contributed by atoms with van der Waals surface area (Å²) in [7, 11) is 1.62. The number of aryl methyl sites for hydroxylation is 1. The number of nitrogens with zero attached hydrogens (tertiary/aromatic N) is 2. The van der Waals surface area contributed by atoms with Crippen LogP contribution in [0.2, 0.25) is 0 Å². The van der Waals surface area contributed by atoms with E-state index >= 15 is 0 Å².